The van der Waals surface area contributed by atoms with Gasteiger partial charge < -0.3 is 19.9 Å². The number of rotatable bonds is 4. The first-order valence-electron chi connectivity index (χ1n) is 8.14. The number of tetrazole rings is 1. The number of hydrazone groups is 1. The quantitative estimate of drug-likeness (QED) is 0.558. The molecule has 3 atom stereocenters. The molecule has 2 aliphatic heterocycles. The number of hydrogen-bond acceptors (Lipinski definition) is 8. The van der Waals surface area contributed by atoms with E-state index in [0.29, 0.717) is 29.3 Å². The van der Waals surface area contributed by atoms with Gasteiger partial charge in [0.05, 0.1) is 31.2 Å². The van der Waals surface area contributed by atoms with Gasteiger partial charge in [-0.05, 0) is 47.0 Å². The summed E-state index contributed by atoms with van der Waals surface area (Å²) in [6, 6.07) is 7.21. The summed E-state index contributed by atoms with van der Waals surface area (Å²) >= 11 is 10.4. The Labute approximate surface area is 164 Å². The molecule has 27 heavy (non-hydrogen) atoms. The number of benzene rings is 1. The summed E-state index contributed by atoms with van der Waals surface area (Å²) in [5.74, 6) is 0.704. The van der Waals surface area contributed by atoms with Crippen molar-refractivity contribution in [2.75, 3.05) is 13.7 Å². The van der Waals surface area contributed by atoms with Crippen LogP contribution in [0.3, 0.4) is 0 Å². The van der Waals surface area contributed by atoms with Crippen LogP contribution in [0.5, 0.6) is 5.75 Å². The van der Waals surface area contributed by atoms with Gasteiger partial charge in [0.15, 0.2) is 11.4 Å². The lowest BCUT2D eigenvalue weighted by Gasteiger charge is -2.27. The Morgan fingerprint density at radius 1 is 1.44 bits per heavy atom. The minimum atomic E-state index is -0.518. The van der Waals surface area contributed by atoms with Crippen LogP contribution in [0, 0.1) is 4.77 Å². The standard InChI is InChI=1S/C15H17N7O3S2/c1-23-9-4-2-3-8(5-9)21-15(27)22(20-19-21)11-6-10(17-18-14(16)26)13-24-7-12(11)25-13/h2-5,11-13H,6-7H2,1H3,(H3,16,18,26). The Hall–Kier alpha value is -2.41. The highest BCUT2D eigenvalue weighted by molar-refractivity contribution is 7.80. The van der Waals surface area contributed by atoms with E-state index in [4.69, 9.17) is 44.4 Å². The van der Waals surface area contributed by atoms with E-state index in [1.165, 1.54) is 0 Å². The van der Waals surface area contributed by atoms with Crippen LogP contribution >= 0.6 is 24.4 Å². The Bertz CT molecular complexity index is 957. The van der Waals surface area contributed by atoms with Gasteiger partial charge in [-0.3, -0.25) is 5.43 Å². The molecule has 3 N–H and O–H groups in total. The number of ether oxygens (including phenoxy) is 3. The number of aromatic nitrogens is 4. The molecule has 2 saturated heterocycles. The molecule has 2 aliphatic rings. The maximum Gasteiger partial charge on any atom is 0.221 e. The molecule has 0 spiro atoms. The third kappa shape index (κ3) is 3.43. The van der Waals surface area contributed by atoms with Crippen molar-refractivity contribution >= 4 is 35.3 Å². The number of nitrogens with one attached hydrogen (secondary N) is 1. The molecule has 0 radical (unpaired) electrons. The zero-order valence-electron chi connectivity index (χ0n) is 14.3. The third-order valence-electron chi connectivity index (χ3n) is 4.35. The van der Waals surface area contributed by atoms with E-state index in [1.54, 1.807) is 16.5 Å². The van der Waals surface area contributed by atoms with Crippen LogP contribution in [0.1, 0.15) is 12.5 Å². The van der Waals surface area contributed by atoms with E-state index < -0.39 is 6.29 Å². The van der Waals surface area contributed by atoms with E-state index in [-0.39, 0.29) is 17.3 Å². The second-order valence-corrected chi connectivity index (χ2v) is 6.81. The molecule has 142 valence electrons. The minimum Gasteiger partial charge on any atom is -0.497 e. The first-order valence-corrected chi connectivity index (χ1v) is 8.96. The highest BCUT2D eigenvalue weighted by atomic mass is 32.1. The zero-order chi connectivity index (χ0) is 19.0. The largest absolute Gasteiger partial charge is 0.497 e. The Morgan fingerprint density at radius 2 is 2.30 bits per heavy atom. The van der Waals surface area contributed by atoms with Crippen molar-refractivity contribution in [3.63, 3.8) is 0 Å². The molecule has 2 fully saturated rings. The lowest BCUT2D eigenvalue weighted by atomic mass is 10.0. The minimum absolute atomic E-state index is 0.0692. The van der Waals surface area contributed by atoms with E-state index in [9.17, 15) is 0 Å². The summed E-state index contributed by atoms with van der Waals surface area (Å²) in [5, 5.41) is 12.7. The van der Waals surface area contributed by atoms with Gasteiger partial charge in [-0.2, -0.15) is 9.78 Å². The van der Waals surface area contributed by atoms with Crippen LogP contribution in [0.15, 0.2) is 29.4 Å². The van der Waals surface area contributed by atoms with Crippen molar-refractivity contribution in [1.82, 2.24) is 25.2 Å². The highest BCUT2D eigenvalue weighted by Gasteiger charge is 2.44. The summed E-state index contributed by atoms with van der Waals surface area (Å²) in [6.07, 6.45) is -0.188. The molecule has 1 aromatic heterocycles. The molecule has 10 nitrogen and oxygen atoms in total. The molecule has 4 rings (SSSR count). The van der Waals surface area contributed by atoms with Crippen LogP contribution in [-0.2, 0) is 9.47 Å². The summed E-state index contributed by atoms with van der Waals surface area (Å²) in [6.45, 7) is 0.412. The van der Waals surface area contributed by atoms with Crippen molar-refractivity contribution in [2.45, 2.75) is 24.9 Å². The van der Waals surface area contributed by atoms with Crippen molar-refractivity contribution in [1.29, 1.82) is 0 Å². The van der Waals surface area contributed by atoms with Gasteiger partial charge in [-0.1, -0.05) is 6.07 Å². The van der Waals surface area contributed by atoms with Crippen LogP contribution in [-0.4, -0.2) is 56.7 Å². The monoisotopic (exact) mass is 407 g/mol. The van der Waals surface area contributed by atoms with E-state index >= 15 is 0 Å². The molecule has 0 amide bonds. The van der Waals surface area contributed by atoms with Gasteiger partial charge in [0.2, 0.25) is 4.77 Å². The number of nitrogens with zero attached hydrogens (tertiary/aromatic N) is 5. The SMILES string of the molecule is COc1cccc(-n2nnn(C3CC(=NNC(N)=S)C4OCC3O4)c2=S)c1. The average molecular weight is 407 g/mol. The van der Waals surface area contributed by atoms with Crippen molar-refractivity contribution in [2.24, 2.45) is 10.8 Å². The number of nitrogens with two attached hydrogens (primary N) is 1. The molecule has 2 aromatic rings. The lowest BCUT2D eigenvalue weighted by Crippen LogP contribution is -2.39. The number of hydrogen-bond donors (Lipinski definition) is 2. The normalized spacial score (nSPS) is 25.5. The van der Waals surface area contributed by atoms with Crippen LogP contribution in [0.4, 0.5) is 0 Å². The fourth-order valence-corrected chi connectivity index (χ4v) is 3.44. The fourth-order valence-electron chi connectivity index (χ4n) is 3.08. The molecular formula is C15H17N7O3S2. The molecule has 3 heterocycles. The first-order chi connectivity index (χ1) is 13.1. The fraction of sp³-hybridized carbons (Fsp3) is 0.400. The Morgan fingerprint density at radius 3 is 3.07 bits per heavy atom. The molecule has 1 aromatic carbocycles. The van der Waals surface area contributed by atoms with Gasteiger partial charge in [0.1, 0.15) is 11.9 Å². The molecule has 3 unspecified atom stereocenters. The summed E-state index contributed by atoms with van der Waals surface area (Å²) in [5.41, 5.74) is 9.41. The third-order valence-corrected chi connectivity index (χ3v) is 4.81. The second-order valence-electron chi connectivity index (χ2n) is 6.01. The second kappa shape index (κ2) is 7.31. The molecular weight excluding hydrogens is 390 g/mol. The van der Waals surface area contributed by atoms with E-state index in [1.807, 2.05) is 24.3 Å². The van der Waals surface area contributed by atoms with Gasteiger partial charge in [-0.15, -0.1) is 0 Å². The van der Waals surface area contributed by atoms with Gasteiger partial charge in [-0.25, -0.2) is 4.68 Å². The van der Waals surface area contributed by atoms with Crippen LogP contribution < -0.4 is 15.9 Å². The van der Waals surface area contributed by atoms with Gasteiger partial charge >= 0.3 is 0 Å². The number of fused-ring (bicyclic) bond motifs is 2. The zero-order valence-corrected chi connectivity index (χ0v) is 15.9. The lowest BCUT2D eigenvalue weighted by molar-refractivity contribution is -0.0324. The van der Waals surface area contributed by atoms with Crippen molar-refractivity contribution < 1.29 is 14.2 Å². The average Bonchev–Trinajstić information content (AvgIpc) is 3.26. The van der Waals surface area contributed by atoms with Crippen molar-refractivity contribution in [3.8, 4) is 11.4 Å². The first kappa shape index (κ1) is 18.0. The maximum atomic E-state index is 5.87. The maximum absolute atomic E-state index is 5.87. The van der Waals surface area contributed by atoms with Gasteiger partial charge in [0, 0.05) is 12.5 Å². The predicted octanol–water partition coefficient (Wildman–Crippen LogP) is 0.682. The molecule has 12 heteroatoms. The summed E-state index contributed by atoms with van der Waals surface area (Å²) < 4.78 is 20.4. The molecule has 2 bridgehead atoms. The predicted molar refractivity (Wildman–Crippen MR) is 102 cm³/mol. The van der Waals surface area contributed by atoms with E-state index in [0.717, 1.165) is 5.69 Å². The van der Waals surface area contributed by atoms with Crippen LogP contribution in [0.2, 0.25) is 0 Å². The Balaban J connectivity index is 1.65. The highest BCUT2D eigenvalue weighted by Crippen LogP contribution is 2.33. The van der Waals surface area contributed by atoms with Crippen LogP contribution in [0.25, 0.3) is 5.69 Å². The topological polar surface area (TPSA) is 114 Å². The molecule has 0 saturated carbocycles. The smallest absolute Gasteiger partial charge is 0.221 e. The Kier molecular flexibility index (Phi) is 4.86. The van der Waals surface area contributed by atoms with Gasteiger partial charge in [0.25, 0.3) is 0 Å². The number of methoxy groups -OCH3 is 1. The summed E-state index contributed by atoms with van der Waals surface area (Å²) in [4.78, 5) is 0. The number of thiocarbonyl (C=S) groups is 1. The summed E-state index contributed by atoms with van der Waals surface area (Å²) in [7, 11) is 1.60. The van der Waals surface area contributed by atoms with Crippen molar-refractivity contribution in [3.05, 3.63) is 29.0 Å². The van der Waals surface area contributed by atoms with E-state index in [2.05, 4.69) is 21.0 Å². The molecule has 0 aliphatic carbocycles.